The van der Waals surface area contributed by atoms with Gasteiger partial charge in [0.15, 0.2) is 0 Å². The molecule has 4 nitrogen and oxygen atoms in total. The van der Waals surface area contributed by atoms with Crippen LogP contribution in [0.15, 0.2) is 18.5 Å². The Morgan fingerprint density at radius 2 is 2.31 bits per heavy atom. The van der Waals surface area contributed by atoms with Gasteiger partial charge in [-0.2, -0.15) is 0 Å². The quantitative estimate of drug-likeness (QED) is 0.736. The van der Waals surface area contributed by atoms with Crippen molar-refractivity contribution >= 4 is 18.4 Å². The molecule has 72 valence electrons. The van der Waals surface area contributed by atoms with E-state index in [-0.39, 0.29) is 30.7 Å². The van der Waals surface area contributed by atoms with Crippen molar-refractivity contribution in [1.29, 1.82) is 0 Å². The molecule has 0 amide bonds. The smallest absolute Gasteiger partial charge is 0.302 e. The first-order valence-electron chi connectivity index (χ1n) is 3.45. The van der Waals surface area contributed by atoms with E-state index in [1.807, 2.05) is 0 Å². The van der Waals surface area contributed by atoms with E-state index >= 15 is 0 Å². The van der Waals surface area contributed by atoms with Gasteiger partial charge in [0, 0.05) is 18.7 Å². The maximum absolute atomic E-state index is 10.4. The van der Waals surface area contributed by atoms with Gasteiger partial charge in [-0.3, -0.25) is 9.78 Å². The minimum Gasteiger partial charge on any atom is -0.506 e. The molecule has 0 aliphatic heterocycles. The summed E-state index contributed by atoms with van der Waals surface area (Å²) in [5.74, 6) is -0.280. The number of pyridine rings is 1. The molecule has 1 aromatic rings. The highest BCUT2D eigenvalue weighted by molar-refractivity contribution is 5.85. The van der Waals surface area contributed by atoms with Crippen LogP contribution in [0.2, 0.25) is 0 Å². The molecule has 0 aromatic carbocycles. The van der Waals surface area contributed by atoms with Crippen LogP contribution in [0.3, 0.4) is 0 Å². The van der Waals surface area contributed by atoms with E-state index in [1.165, 1.54) is 25.4 Å². The van der Waals surface area contributed by atoms with Gasteiger partial charge in [0.25, 0.3) is 0 Å². The van der Waals surface area contributed by atoms with Crippen molar-refractivity contribution in [3.05, 3.63) is 24.0 Å². The third-order valence-corrected chi connectivity index (χ3v) is 1.22. The summed E-state index contributed by atoms with van der Waals surface area (Å²) >= 11 is 0. The van der Waals surface area contributed by atoms with Crippen molar-refractivity contribution in [3.8, 4) is 5.75 Å². The highest BCUT2D eigenvalue weighted by Crippen LogP contribution is 2.08. The molecule has 0 spiro atoms. The van der Waals surface area contributed by atoms with Crippen molar-refractivity contribution in [1.82, 2.24) is 4.98 Å². The van der Waals surface area contributed by atoms with E-state index in [0.717, 1.165) is 0 Å². The Balaban J connectivity index is 0.00000144. The zero-order chi connectivity index (χ0) is 8.97. The average molecular weight is 204 g/mol. The van der Waals surface area contributed by atoms with Crippen LogP contribution >= 0.6 is 12.4 Å². The van der Waals surface area contributed by atoms with E-state index in [0.29, 0.717) is 5.56 Å². The Kier molecular flexibility index (Phi) is 4.84. The molecule has 0 saturated heterocycles. The van der Waals surface area contributed by atoms with E-state index < -0.39 is 0 Å². The van der Waals surface area contributed by atoms with Crippen molar-refractivity contribution in [2.24, 2.45) is 0 Å². The second kappa shape index (κ2) is 5.37. The highest BCUT2D eigenvalue weighted by atomic mass is 35.5. The zero-order valence-corrected chi connectivity index (χ0v) is 7.87. The molecular weight excluding hydrogens is 194 g/mol. The summed E-state index contributed by atoms with van der Waals surface area (Å²) in [5, 5.41) is 8.98. The first-order valence-corrected chi connectivity index (χ1v) is 3.45. The zero-order valence-electron chi connectivity index (χ0n) is 7.06. The highest BCUT2D eigenvalue weighted by Gasteiger charge is 1.97. The minimum absolute atomic E-state index is 0. The Bertz CT molecular complexity index is 290. The van der Waals surface area contributed by atoms with Crippen LogP contribution < -0.4 is 0 Å². The van der Waals surface area contributed by atoms with Crippen LogP contribution in [0.5, 0.6) is 5.75 Å². The molecule has 0 aliphatic carbocycles. The molecule has 0 bridgehead atoms. The lowest BCUT2D eigenvalue weighted by molar-refractivity contribution is -0.142. The number of ether oxygens (including phenoxy) is 1. The third-order valence-electron chi connectivity index (χ3n) is 1.22. The molecule has 0 unspecified atom stereocenters. The summed E-state index contributed by atoms with van der Waals surface area (Å²) in [7, 11) is 0. The number of hydrogen-bond donors (Lipinski definition) is 1. The van der Waals surface area contributed by atoms with Gasteiger partial charge >= 0.3 is 5.97 Å². The number of esters is 1. The van der Waals surface area contributed by atoms with Gasteiger partial charge in [0.05, 0.1) is 6.20 Å². The van der Waals surface area contributed by atoms with E-state index in [1.54, 1.807) is 0 Å². The maximum Gasteiger partial charge on any atom is 0.302 e. The lowest BCUT2D eigenvalue weighted by atomic mass is 10.3. The first-order chi connectivity index (χ1) is 5.68. The number of nitrogens with zero attached hydrogens (tertiary/aromatic N) is 1. The molecule has 5 heteroatoms. The maximum atomic E-state index is 10.4. The third kappa shape index (κ3) is 4.32. The Labute approximate surface area is 82.0 Å². The van der Waals surface area contributed by atoms with E-state index in [9.17, 15) is 4.79 Å². The summed E-state index contributed by atoms with van der Waals surface area (Å²) in [6, 6.07) is 1.50. The fourth-order valence-corrected chi connectivity index (χ4v) is 0.738. The predicted octanol–water partition coefficient (Wildman–Crippen LogP) is 1.27. The number of aromatic hydroxyl groups is 1. The predicted molar refractivity (Wildman–Crippen MR) is 48.6 cm³/mol. The summed E-state index contributed by atoms with van der Waals surface area (Å²) in [6.45, 7) is 1.48. The standard InChI is InChI=1S/C8H9NO3.ClH/c1-6(10)12-5-7-2-8(11)4-9-3-7;/h2-4,11H,5H2,1H3;1H. The first kappa shape index (κ1) is 11.7. The molecule has 0 atom stereocenters. The van der Waals surface area contributed by atoms with Gasteiger partial charge in [-0.25, -0.2) is 0 Å². The molecule has 1 heterocycles. The van der Waals surface area contributed by atoms with Gasteiger partial charge in [-0.15, -0.1) is 12.4 Å². The molecule has 1 aromatic heterocycles. The largest absolute Gasteiger partial charge is 0.506 e. The number of carbonyl (C=O) groups excluding carboxylic acids is 1. The van der Waals surface area contributed by atoms with Gasteiger partial charge in [-0.1, -0.05) is 0 Å². The van der Waals surface area contributed by atoms with E-state index in [2.05, 4.69) is 4.98 Å². The average Bonchev–Trinajstić information content (AvgIpc) is 2.01. The summed E-state index contributed by atoms with van der Waals surface area (Å²) in [6.07, 6.45) is 2.85. The van der Waals surface area contributed by atoms with Gasteiger partial charge in [0.1, 0.15) is 12.4 Å². The van der Waals surface area contributed by atoms with Crippen LogP contribution in [0.25, 0.3) is 0 Å². The molecule has 0 aliphatic rings. The second-order valence-electron chi connectivity index (χ2n) is 2.33. The van der Waals surface area contributed by atoms with Gasteiger partial charge in [-0.05, 0) is 6.07 Å². The van der Waals surface area contributed by atoms with Crippen molar-refractivity contribution in [2.75, 3.05) is 0 Å². The number of hydrogen-bond acceptors (Lipinski definition) is 4. The SMILES string of the molecule is CC(=O)OCc1cncc(O)c1.Cl. The van der Waals surface area contributed by atoms with Gasteiger partial charge < -0.3 is 9.84 Å². The van der Waals surface area contributed by atoms with Gasteiger partial charge in [0.2, 0.25) is 0 Å². The monoisotopic (exact) mass is 203 g/mol. The molecule has 0 fully saturated rings. The molecule has 1 N–H and O–H groups in total. The van der Waals surface area contributed by atoms with Crippen LogP contribution in [0.1, 0.15) is 12.5 Å². The number of halogens is 1. The van der Waals surface area contributed by atoms with Crippen molar-refractivity contribution in [3.63, 3.8) is 0 Å². The lowest BCUT2D eigenvalue weighted by Crippen LogP contribution is -1.98. The summed E-state index contributed by atoms with van der Waals surface area (Å²) < 4.78 is 4.69. The van der Waals surface area contributed by atoms with Crippen LogP contribution in [0.4, 0.5) is 0 Å². The number of carbonyl (C=O) groups is 1. The van der Waals surface area contributed by atoms with E-state index in [4.69, 9.17) is 9.84 Å². The Morgan fingerprint density at radius 3 is 2.85 bits per heavy atom. The minimum atomic E-state index is -0.349. The topological polar surface area (TPSA) is 59.4 Å². The normalized spacial score (nSPS) is 8.69. The molecule has 13 heavy (non-hydrogen) atoms. The molecule has 0 radical (unpaired) electrons. The fraction of sp³-hybridized carbons (Fsp3) is 0.250. The second-order valence-corrected chi connectivity index (χ2v) is 2.33. The summed E-state index contributed by atoms with van der Waals surface area (Å²) in [4.78, 5) is 14.1. The lowest BCUT2D eigenvalue weighted by Gasteiger charge is -2.00. The Hall–Kier alpha value is -1.29. The van der Waals surface area contributed by atoms with Crippen LogP contribution in [-0.4, -0.2) is 16.1 Å². The van der Waals surface area contributed by atoms with Crippen LogP contribution in [0, 0.1) is 0 Å². The number of rotatable bonds is 2. The van der Waals surface area contributed by atoms with Crippen molar-refractivity contribution in [2.45, 2.75) is 13.5 Å². The molecule has 1 rings (SSSR count). The molecule has 0 saturated carbocycles. The fourth-order valence-electron chi connectivity index (χ4n) is 0.738. The summed E-state index contributed by atoms with van der Waals surface area (Å²) in [5.41, 5.74) is 0.671. The van der Waals surface area contributed by atoms with Crippen LogP contribution in [-0.2, 0) is 16.1 Å². The van der Waals surface area contributed by atoms with Crippen molar-refractivity contribution < 1.29 is 14.6 Å². The molecular formula is C8H10ClNO3. The number of aromatic nitrogens is 1. The Morgan fingerprint density at radius 1 is 1.62 bits per heavy atom.